The Balaban J connectivity index is 2.63. The van der Waals surface area contributed by atoms with Crippen LogP contribution in [0.15, 0.2) is 0 Å². The molecule has 0 aromatic heterocycles. The molecular weight excluding hydrogens is 204 g/mol. The van der Waals surface area contributed by atoms with Gasteiger partial charge in [-0.15, -0.1) is 0 Å². The number of hydrogen-bond donors (Lipinski definition) is 0. The lowest BCUT2D eigenvalue weighted by atomic mass is 9.80. The van der Waals surface area contributed by atoms with Crippen LogP contribution in [0.3, 0.4) is 0 Å². The number of hydrogen-bond acceptors (Lipinski definition) is 0. The average molecular weight is 238 g/mol. The Labute approximate surface area is 110 Å². The number of rotatable bonds is 7. The van der Waals surface area contributed by atoms with Gasteiger partial charge in [-0.25, -0.2) is 0 Å². The summed E-state index contributed by atoms with van der Waals surface area (Å²) in [6.07, 6.45) is 10.1. The summed E-state index contributed by atoms with van der Waals surface area (Å²) >= 11 is 0. The minimum absolute atomic E-state index is 0.941. The molecule has 0 bridgehead atoms. The van der Waals surface area contributed by atoms with Crippen molar-refractivity contribution < 1.29 is 0 Å². The third kappa shape index (κ3) is 3.73. The van der Waals surface area contributed by atoms with Crippen molar-refractivity contribution in [1.82, 2.24) is 0 Å². The normalized spacial score (nSPS) is 35.1. The van der Waals surface area contributed by atoms with Gasteiger partial charge in [-0.2, -0.15) is 0 Å². The molecule has 17 heavy (non-hydrogen) atoms. The molecule has 0 radical (unpaired) electrons. The Kier molecular flexibility index (Phi) is 6.59. The van der Waals surface area contributed by atoms with Crippen molar-refractivity contribution >= 4 is 0 Å². The summed E-state index contributed by atoms with van der Waals surface area (Å²) in [5.74, 6) is 5.01. The highest BCUT2D eigenvalue weighted by molar-refractivity contribution is 4.90. The predicted octanol–water partition coefficient (Wildman–Crippen LogP) is 5.91. The lowest BCUT2D eigenvalue weighted by Crippen LogP contribution is -2.18. The van der Waals surface area contributed by atoms with Crippen LogP contribution in [0.4, 0.5) is 0 Å². The van der Waals surface area contributed by atoms with Gasteiger partial charge in [-0.05, 0) is 42.4 Å². The van der Waals surface area contributed by atoms with Crippen molar-refractivity contribution in [2.75, 3.05) is 0 Å². The van der Waals surface area contributed by atoms with E-state index in [-0.39, 0.29) is 0 Å². The first-order valence-electron chi connectivity index (χ1n) is 8.15. The van der Waals surface area contributed by atoms with E-state index in [1.54, 1.807) is 0 Å². The maximum atomic E-state index is 2.55. The van der Waals surface area contributed by atoms with Gasteiger partial charge in [0.05, 0.1) is 0 Å². The second-order valence-corrected chi connectivity index (χ2v) is 6.50. The summed E-state index contributed by atoms with van der Waals surface area (Å²) < 4.78 is 0. The largest absolute Gasteiger partial charge is 0.0654 e. The van der Waals surface area contributed by atoms with E-state index in [4.69, 9.17) is 0 Å². The van der Waals surface area contributed by atoms with Crippen LogP contribution in [0.1, 0.15) is 79.6 Å². The van der Waals surface area contributed by atoms with Crippen LogP contribution in [-0.4, -0.2) is 0 Å². The molecule has 1 rings (SSSR count). The van der Waals surface area contributed by atoms with Crippen LogP contribution >= 0.6 is 0 Å². The van der Waals surface area contributed by atoms with Gasteiger partial charge in [0, 0.05) is 0 Å². The van der Waals surface area contributed by atoms with Crippen molar-refractivity contribution in [1.29, 1.82) is 0 Å². The molecule has 0 saturated heterocycles. The molecule has 0 N–H and O–H groups in total. The lowest BCUT2D eigenvalue weighted by Gasteiger charge is -2.26. The highest BCUT2D eigenvalue weighted by Gasteiger charge is 2.40. The van der Waals surface area contributed by atoms with Gasteiger partial charge in [0.1, 0.15) is 0 Å². The molecule has 1 fully saturated rings. The van der Waals surface area contributed by atoms with Gasteiger partial charge in [-0.3, -0.25) is 0 Å². The fraction of sp³-hybridized carbons (Fsp3) is 1.00. The molecule has 5 atom stereocenters. The average Bonchev–Trinajstić information content (AvgIpc) is 2.63. The summed E-state index contributed by atoms with van der Waals surface area (Å²) in [7, 11) is 0. The number of unbranched alkanes of at least 4 members (excludes halogenated alkanes) is 1. The standard InChI is InChI=1S/C17H34/c1-6-9-11-16-14(5)17(13(4)8-3)12-15(16)10-7-2/h13-17H,6-12H2,1-5H3. The van der Waals surface area contributed by atoms with Crippen LogP contribution in [0.5, 0.6) is 0 Å². The summed E-state index contributed by atoms with van der Waals surface area (Å²) in [6.45, 7) is 12.1. The minimum atomic E-state index is 0.941. The van der Waals surface area contributed by atoms with E-state index in [9.17, 15) is 0 Å². The maximum Gasteiger partial charge on any atom is -0.0357 e. The van der Waals surface area contributed by atoms with Crippen molar-refractivity contribution in [3.63, 3.8) is 0 Å². The molecule has 0 spiro atoms. The van der Waals surface area contributed by atoms with Gasteiger partial charge < -0.3 is 0 Å². The third-order valence-corrected chi connectivity index (χ3v) is 5.46. The highest BCUT2D eigenvalue weighted by atomic mass is 14.5. The van der Waals surface area contributed by atoms with E-state index in [1.165, 1.54) is 44.9 Å². The second-order valence-electron chi connectivity index (χ2n) is 6.50. The maximum absolute atomic E-state index is 2.55. The van der Waals surface area contributed by atoms with E-state index >= 15 is 0 Å². The van der Waals surface area contributed by atoms with E-state index in [0.717, 1.165) is 29.6 Å². The minimum Gasteiger partial charge on any atom is -0.0654 e. The SMILES string of the molecule is CCCCC1C(CCC)CC(C(C)CC)C1C. The molecule has 0 nitrogen and oxygen atoms in total. The van der Waals surface area contributed by atoms with Gasteiger partial charge >= 0.3 is 0 Å². The molecule has 0 amide bonds. The molecule has 0 aromatic carbocycles. The topological polar surface area (TPSA) is 0 Å². The summed E-state index contributed by atoms with van der Waals surface area (Å²) in [4.78, 5) is 0. The van der Waals surface area contributed by atoms with Gasteiger partial charge in [0.2, 0.25) is 0 Å². The van der Waals surface area contributed by atoms with Gasteiger partial charge in [-0.1, -0.05) is 66.7 Å². The summed E-state index contributed by atoms with van der Waals surface area (Å²) in [6, 6.07) is 0. The Morgan fingerprint density at radius 1 is 1.06 bits per heavy atom. The first-order valence-corrected chi connectivity index (χ1v) is 8.15. The molecule has 0 aliphatic heterocycles. The molecule has 0 heterocycles. The third-order valence-electron chi connectivity index (χ3n) is 5.46. The fourth-order valence-electron chi connectivity index (χ4n) is 4.18. The van der Waals surface area contributed by atoms with Crippen molar-refractivity contribution in [2.45, 2.75) is 79.6 Å². The first-order chi connectivity index (χ1) is 8.15. The van der Waals surface area contributed by atoms with E-state index in [2.05, 4.69) is 34.6 Å². The zero-order valence-corrected chi connectivity index (χ0v) is 12.8. The zero-order chi connectivity index (χ0) is 12.8. The van der Waals surface area contributed by atoms with Crippen molar-refractivity contribution in [3.05, 3.63) is 0 Å². The van der Waals surface area contributed by atoms with Crippen molar-refractivity contribution in [2.24, 2.45) is 29.6 Å². The Hall–Kier alpha value is 0. The first kappa shape index (κ1) is 15.1. The molecule has 1 saturated carbocycles. The summed E-state index contributed by atoms with van der Waals surface area (Å²) in [5.41, 5.74) is 0. The predicted molar refractivity (Wildman–Crippen MR) is 78.1 cm³/mol. The Morgan fingerprint density at radius 3 is 2.29 bits per heavy atom. The van der Waals surface area contributed by atoms with Gasteiger partial charge in [0.15, 0.2) is 0 Å². The second kappa shape index (κ2) is 7.44. The highest BCUT2D eigenvalue weighted by Crippen LogP contribution is 2.49. The van der Waals surface area contributed by atoms with Crippen LogP contribution in [-0.2, 0) is 0 Å². The molecule has 1 aliphatic rings. The van der Waals surface area contributed by atoms with E-state index < -0.39 is 0 Å². The molecule has 0 heteroatoms. The van der Waals surface area contributed by atoms with Crippen molar-refractivity contribution in [3.8, 4) is 0 Å². The van der Waals surface area contributed by atoms with Crippen LogP contribution in [0.2, 0.25) is 0 Å². The Bertz CT molecular complexity index is 194. The quantitative estimate of drug-likeness (QED) is 0.517. The molecule has 102 valence electrons. The van der Waals surface area contributed by atoms with Crippen LogP contribution < -0.4 is 0 Å². The van der Waals surface area contributed by atoms with Gasteiger partial charge in [0.25, 0.3) is 0 Å². The molecule has 5 unspecified atom stereocenters. The van der Waals surface area contributed by atoms with Crippen LogP contribution in [0, 0.1) is 29.6 Å². The van der Waals surface area contributed by atoms with E-state index in [1.807, 2.05) is 0 Å². The molecular formula is C17H34. The molecule has 0 aromatic rings. The lowest BCUT2D eigenvalue weighted by molar-refractivity contribution is 0.235. The Morgan fingerprint density at radius 2 is 1.76 bits per heavy atom. The molecule has 1 aliphatic carbocycles. The fourth-order valence-corrected chi connectivity index (χ4v) is 4.18. The zero-order valence-electron chi connectivity index (χ0n) is 12.8. The monoisotopic (exact) mass is 238 g/mol. The van der Waals surface area contributed by atoms with Crippen LogP contribution in [0.25, 0.3) is 0 Å². The van der Waals surface area contributed by atoms with E-state index in [0.29, 0.717) is 0 Å². The smallest absolute Gasteiger partial charge is 0.0357 e. The summed E-state index contributed by atoms with van der Waals surface area (Å²) in [5, 5.41) is 0.